The van der Waals surface area contributed by atoms with E-state index < -0.39 is 0 Å². The number of thiophene rings is 1. The van der Waals surface area contributed by atoms with Crippen molar-refractivity contribution in [2.24, 2.45) is 0 Å². The van der Waals surface area contributed by atoms with Crippen molar-refractivity contribution in [3.8, 4) is 0 Å². The molecule has 0 saturated carbocycles. The molecule has 116 valence electrons. The van der Waals surface area contributed by atoms with Crippen LogP contribution in [0, 0.1) is 0 Å². The third-order valence-electron chi connectivity index (χ3n) is 3.37. The molecule has 5 heteroatoms. The van der Waals surface area contributed by atoms with E-state index in [2.05, 4.69) is 31.9 Å². The van der Waals surface area contributed by atoms with Gasteiger partial charge in [0.15, 0.2) is 0 Å². The minimum Gasteiger partial charge on any atom is -0.303 e. The highest BCUT2D eigenvalue weighted by molar-refractivity contribution is 9.10. The predicted octanol–water partition coefficient (Wildman–Crippen LogP) is 6.12. The molecular weight excluding hydrogens is 438 g/mol. The molecule has 3 rings (SSSR count). The van der Waals surface area contributed by atoms with E-state index in [4.69, 9.17) is 0 Å². The largest absolute Gasteiger partial charge is 0.303 e. The number of halogens is 2. The van der Waals surface area contributed by atoms with Crippen LogP contribution in [0.3, 0.4) is 0 Å². The van der Waals surface area contributed by atoms with Crippen LogP contribution in [-0.4, -0.2) is 5.91 Å². The van der Waals surface area contributed by atoms with E-state index in [0.29, 0.717) is 6.54 Å². The Bertz CT molecular complexity index is 783. The molecule has 0 aliphatic carbocycles. The molecule has 0 radical (unpaired) electrons. The van der Waals surface area contributed by atoms with Gasteiger partial charge in [0, 0.05) is 14.6 Å². The molecule has 1 heterocycles. The van der Waals surface area contributed by atoms with Crippen LogP contribution in [0.25, 0.3) is 0 Å². The number of benzene rings is 2. The normalized spacial score (nSPS) is 10.5. The van der Waals surface area contributed by atoms with Gasteiger partial charge in [-0.25, -0.2) is 0 Å². The molecule has 1 aromatic heterocycles. The smallest absolute Gasteiger partial charge is 0.268 e. The monoisotopic (exact) mass is 449 g/mol. The van der Waals surface area contributed by atoms with Crippen molar-refractivity contribution >= 4 is 54.8 Å². The van der Waals surface area contributed by atoms with Crippen molar-refractivity contribution in [1.82, 2.24) is 0 Å². The van der Waals surface area contributed by atoms with E-state index in [1.165, 1.54) is 11.3 Å². The van der Waals surface area contributed by atoms with Crippen LogP contribution in [-0.2, 0) is 6.54 Å². The minimum atomic E-state index is 0.0187. The Kier molecular flexibility index (Phi) is 5.30. The number of carbonyl (C=O) groups excluding carboxylic acids is 1. The fourth-order valence-corrected chi connectivity index (χ4v) is 3.41. The molecule has 2 aromatic carbocycles. The second-order valence-corrected chi connectivity index (χ2v) is 7.75. The molecule has 0 aliphatic rings. The van der Waals surface area contributed by atoms with Crippen LogP contribution in [0.5, 0.6) is 0 Å². The van der Waals surface area contributed by atoms with Crippen LogP contribution in [0.2, 0.25) is 0 Å². The molecule has 0 spiro atoms. The van der Waals surface area contributed by atoms with Gasteiger partial charge in [0.1, 0.15) is 0 Å². The van der Waals surface area contributed by atoms with Crippen molar-refractivity contribution in [2.75, 3.05) is 4.90 Å². The van der Waals surface area contributed by atoms with Gasteiger partial charge in [0.05, 0.1) is 11.4 Å². The molecule has 0 atom stereocenters. The third kappa shape index (κ3) is 4.10. The Balaban J connectivity index is 1.94. The van der Waals surface area contributed by atoms with Crippen molar-refractivity contribution in [3.05, 3.63) is 85.4 Å². The maximum atomic E-state index is 12.9. The molecule has 0 aliphatic heterocycles. The van der Waals surface area contributed by atoms with Gasteiger partial charge in [-0.1, -0.05) is 50.1 Å². The van der Waals surface area contributed by atoms with E-state index in [1.54, 1.807) is 0 Å². The second kappa shape index (κ2) is 7.43. The van der Waals surface area contributed by atoms with E-state index in [1.807, 2.05) is 70.9 Å². The first-order valence-electron chi connectivity index (χ1n) is 6.99. The maximum Gasteiger partial charge on any atom is 0.268 e. The maximum absolute atomic E-state index is 12.9. The van der Waals surface area contributed by atoms with Gasteiger partial charge in [-0.15, -0.1) is 11.3 Å². The molecule has 0 bridgehead atoms. The van der Waals surface area contributed by atoms with Gasteiger partial charge in [-0.3, -0.25) is 4.79 Å². The molecule has 1 amide bonds. The number of amides is 1. The van der Waals surface area contributed by atoms with Gasteiger partial charge in [-0.05, 0) is 53.4 Å². The SMILES string of the molecule is O=C(c1cccs1)N(Cc1ccc(Br)cc1)c1ccc(Br)cc1. The Morgan fingerprint density at radius 2 is 1.52 bits per heavy atom. The molecule has 0 N–H and O–H groups in total. The van der Waals surface area contributed by atoms with Crippen LogP contribution in [0.4, 0.5) is 5.69 Å². The zero-order valence-electron chi connectivity index (χ0n) is 12.1. The predicted molar refractivity (Wildman–Crippen MR) is 103 cm³/mol. The van der Waals surface area contributed by atoms with Crippen LogP contribution in [0.1, 0.15) is 15.2 Å². The number of nitrogens with zero attached hydrogens (tertiary/aromatic N) is 1. The lowest BCUT2D eigenvalue weighted by Gasteiger charge is -2.22. The van der Waals surface area contributed by atoms with Crippen molar-refractivity contribution in [2.45, 2.75) is 6.54 Å². The Hall–Kier alpha value is -1.43. The molecule has 0 unspecified atom stereocenters. The summed E-state index contributed by atoms with van der Waals surface area (Å²) in [5.74, 6) is 0.0187. The van der Waals surface area contributed by atoms with Gasteiger partial charge in [-0.2, -0.15) is 0 Å². The zero-order chi connectivity index (χ0) is 16.2. The van der Waals surface area contributed by atoms with Gasteiger partial charge >= 0.3 is 0 Å². The van der Waals surface area contributed by atoms with Gasteiger partial charge < -0.3 is 4.90 Å². The number of anilines is 1. The number of hydrogen-bond acceptors (Lipinski definition) is 2. The number of hydrogen-bond donors (Lipinski definition) is 0. The molecule has 0 fully saturated rings. The summed E-state index contributed by atoms with van der Waals surface area (Å²) in [7, 11) is 0. The highest BCUT2D eigenvalue weighted by Crippen LogP contribution is 2.24. The molecule has 23 heavy (non-hydrogen) atoms. The highest BCUT2D eigenvalue weighted by Gasteiger charge is 2.19. The van der Waals surface area contributed by atoms with E-state index in [-0.39, 0.29) is 5.91 Å². The van der Waals surface area contributed by atoms with Crippen molar-refractivity contribution in [1.29, 1.82) is 0 Å². The first-order chi connectivity index (χ1) is 11.1. The van der Waals surface area contributed by atoms with Crippen LogP contribution in [0.15, 0.2) is 75.0 Å². The summed E-state index contributed by atoms with van der Waals surface area (Å²) in [4.78, 5) is 15.4. The summed E-state index contributed by atoms with van der Waals surface area (Å²) >= 11 is 8.34. The molecule has 0 saturated heterocycles. The van der Waals surface area contributed by atoms with Crippen LogP contribution < -0.4 is 4.90 Å². The lowest BCUT2D eigenvalue weighted by atomic mass is 10.2. The van der Waals surface area contributed by atoms with E-state index >= 15 is 0 Å². The Morgan fingerprint density at radius 3 is 2.09 bits per heavy atom. The standard InChI is InChI=1S/C18H13Br2NOS/c19-14-5-3-13(4-6-14)12-21(16-9-7-15(20)8-10-16)18(22)17-2-1-11-23-17/h1-11H,12H2. The third-order valence-corrected chi connectivity index (χ3v) is 5.28. The highest BCUT2D eigenvalue weighted by atomic mass is 79.9. The summed E-state index contributed by atoms with van der Waals surface area (Å²) in [6.07, 6.45) is 0. The fourth-order valence-electron chi connectivity index (χ4n) is 2.21. The average molecular weight is 451 g/mol. The number of rotatable bonds is 4. The molecule has 2 nitrogen and oxygen atoms in total. The van der Waals surface area contributed by atoms with Gasteiger partial charge in [0.25, 0.3) is 5.91 Å². The van der Waals surface area contributed by atoms with Gasteiger partial charge in [0.2, 0.25) is 0 Å². The Labute approximate surface area is 156 Å². The zero-order valence-corrected chi connectivity index (χ0v) is 16.1. The van der Waals surface area contributed by atoms with Crippen molar-refractivity contribution < 1.29 is 4.79 Å². The topological polar surface area (TPSA) is 20.3 Å². The minimum absolute atomic E-state index is 0.0187. The second-order valence-electron chi connectivity index (χ2n) is 4.97. The van der Waals surface area contributed by atoms with E-state index in [9.17, 15) is 4.79 Å². The molecule has 3 aromatic rings. The first kappa shape index (κ1) is 16.4. The summed E-state index contributed by atoms with van der Waals surface area (Å²) in [6, 6.07) is 19.6. The summed E-state index contributed by atoms with van der Waals surface area (Å²) < 4.78 is 2.02. The Morgan fingerprint density at radius 1 is 0.913 bits per heavy atom. The quantitative estimate of drug-likeness (QED) is 0.468. The summed E-state index contributed by atoms with van der Waals surface area (Å²) in [5.41, 5.74) is 1.97. The lowest BCUT2D eigenvalue weighted by Crippen LogP contribution is -2.29. The summed E-state index contributed by atoms with van der Waals surface area (Å²) in [5, 5.41) is 1.92. The van der Waals surface area contributed by atoms with Crippen LogP contribution >= 0.6 is 43.2 Å². The summed E-state index contributed by atoms with van der Waals surface area (Å²) in [6.45, 7) is 0.533. The van der Waals surface area contributed by atoms with Crippen molar-refractivity contribution in [3.63, 3.8) is 0 Å². The molecular formula is C18H13Br2NOS. The average Bonchev–Trinajstić information content (AvgIpc) is 3.09. The van der Waals surface area contributed by atoms with E-state index in [0.717, 1.165) is 25.1 Å². The number of carbonyl (C=O) groups is 1. The first-order valence-corrected chi connectivity index (χ1v) is 9.45. The fraction of sp³-hybridized carbons (Fsp3) is 0.0556. The lowest BCUT2D eigenvalue weighted by molar-refractivity contribution is 0.0989.